The second-order valence-electron chi connectivity index (χ2n) is 10.8. The molecule has 6 nitrogen and oxygen atoms in total. The van der Waals surface area contributed by atoms with Crippen LogP contribution in [0.2, 0.25) is 0 Å². The third-order valence-electron chi connectivity index (χ3n) is 7.81. The molecule has 9 heteroatoms. The molecular weight excluding hydrogens is 688 g/mol. The van der Waals surface area contributed by atoms with Gasteiger partial charge in [0, 0.05) is 0 Å². The van der Waals surface area contributed by atoms with E-state index in [2.05, 4.69) is 129 Å². The van der Waals surface area contributed by atoms with Crippen molar-refractivity contribution < 1.29 is 21.7 Å². The summed E-state index contributed by atoms with van der Waals surface area (Å²) in [7, 11) is 3.91. The number of aliphatic imine (C=N–C) groups is 1. The number of guanidine groups is 2. The Morgan fingerprint density at radius 1 is 0.767 bits per heavy atom. The minimum absolute atomic E-state index is 0. The Hall–Kier alpha value is -3.13. The second-order valence-corrected chi connectivity index (χ2v) is 21.6. The first-order chi connectivity index (χ1) is 20.4. The van der Waals surface area contributed by atoms with Crippen molar-refractivity contribution in [3.8, 4) is 5.75 Å². The fourth-order valence-electron chi connectivity index (χ4n) is 5.56. The minimum atomic E-state index is -2.71. The zero-order chi connectivity index (χ0) is 29.4. The molecule has 0 saturated heterocycles. The molecule has 0 aliphatic carbocycles. The number of hydrogen-bond acceptors (Lipinski definition) is 3. The van der Waals surface area contributed by atoms with Crippen LogP contribution in [0.1, 0.15) is 31.0 Å². The van der Waals surface area contributed by atoms with Crippen LogP contribution in [-0.2, 0) is 0 Å². The predicted octanol–water partition coefficient (Wildman–Crippen LogP) is 2.25. The Morgan fingerprint density at radius 2 is 1.28 bits per heavy atom. The number of nitrogens with one attached hydrogen (secondary N) is 2. The SMILES string of the molecule is C[N+](C)=C1NC(N)=NC(c2ccc(OCCCCCP(I)(c3ccccc3)(c3ccccc3)c3ccccc3)cc2)N1.[Cl-]. The zero-order valence-corrected chi connectivity index (χ0v) is 28.5. The van der Waals surface area contributed by atoms with E-state index in [9.17, 15) is 0 Å². The van der Waals surface area contributed by atoms with Crippen molar-refractivity contribution >= 4 is 54.1 Å². The Labute approximate surface area is 274 Å². The van der Waals surface area contributed by atoms with Crippen LogP contribution < -0.4 is 49.4 Å². The normalized spacial score (nSPS) is 15.5. The van der Waals surface area contributed by atoms with Gasteiger partial charge < -0.3 is 18.1 Å². The smallest absolute Gasteiger partial charge is 1.00 e. The van der Waals surface area contributed by atoms with Crippen molar-refractivity contribution in [3.63, 3.8) is 0 Å². The van der Waals surface area contributed by atoms with Crippen LogP contribution in [0.15, 0.2) is 120 Å². The summed E-state index contributed by atoms with van der Waals surface area (Å²) in [4.78, 5) is 4.49. The fraction of sp³-hybridized carbons (Fsp3) is 0.235. The standard InChI is InChI=1S/C34H39IN5OP.ClH/c1-40(2)34-38-32(37-33(36)39-34)27-21-23-28(24-22-27)41-25-13-6-14-26-42(35,29-15-7-3-8-16-29,30-17-9-4-10-18-30)31-19-11-5-12-20-31;/h3-5,7-12,15-24,32H,6,13-14,25-26H2,1-2H3,(H3,36,37,38,39);1H. The Bertz CT molecular complexity index is 1430. The van der Waals surface area contributed by atoms with E-state index in [4.69, 9.17) is 10.5 Å². The summed E-state index contributed by atoms with van der Waals surface area (Å²) in [5.74, 6) is 2.09. The van der Waals surface area contributed by atoms with E-state index in [1.165, 1.54) is 15.9 Å². The molecule has 226 valence electrons. The van der Waals surface area contributed by atoms with E-state index in [0.717, 1.165) is 42.7 Å². The molecule has 0 fully saturated rings. The van der Waals surface area contributed by atoms with E-state index in [1.807, 2.05) is 42.9 Å². The summed E-state index contributed by atoms with van der Waals surface area (Å²) in [6.45, 7) is 0.688. The Balaban J connectivity index is 0.00000423. The van der Waals surface area contributed by atoms with Gasteiger partial charge in [-0.3, -0.25) is 4.58 Å². The van der Waals surface area contributed by atoms with Gasteiger partial charge in [-0.2, -0.15) is 0 Å². The van der Waals surface area contributed by atoms with Crippen LogP contribution >= 0.6 is 26.3 Å². The minimum Gasteiger partial charge on any atom is -1.00 e. The fourth-order valence-corrected chi connectivity index (χ4v) is 14.4. The van der Waals surface area contributed by atoms with Crippen molar-refractivity contribution in [2.45, 2.75) is 25.4 Å². The first kappa shape index (κ1) is 32.8. The van der Waals surface area contributed by atoms with Gasteiger partial charge in [-0.15, -0.1) is 0 Å². The molecule has 1 aliphatic rings. The summed E-state index contributed by atoms with van der Waals surface area (Å²) >= 11 is 2.87. The molecule has 1 unspecified atom stereocenters. The van der Waals surface area contributed by atoms with Crippen LogP contribution in [-0.4, -0.2) is 43.4 Å². The third kappa shape index (κ3) is 7.17. The summed E-state index contributed by atoms with van der Waals surface area (Å²) in [6, 6.07) is 41.5. The maximum atomic E-state index is 6.14. The van der Waals surface area contributed by atoms with Gasteiger partial charge >= 0.3 is 228 Å². The van der Waals surface area contributed by atoms with E-state index in [-0.39, 0.29) is 18.6 Å². The van der Waals surface area contributed by atoms with Gasteiger partial charge in [-0.1, -0.05) is 0 Å². The number of nitrogens with two attached hydrogens (primary N) is 1. The molecule has 0 bridgehead atoms. The topological polar surface area (TPSA) is 74.7 Å². The van der Waals surface area contributed by atoms with E-state index in [0.29, 0.717) is 12.6 Å². The maximum absolute atomic E-state index is 6.14. The van der Waals surface area contributed by atoms with Gasteiger partial charge in [-0.05, 0) is 0 Å². The van der Waals surface area contributed by atoms with Gasteiger partial charge in [0.1, 0.15) is 0 Å². The van der Waals surface area contributed by atoms with Crippen LogP contribution in [0.4, 0.5) is 0 Å². The summed E-state index contributed by atoms with van der Waals surface area (Å²) < 4.78 is 5.38. The van der Waals surface area contributed by atoms with Gasteiger partial charge in [0.05, 0.1) is 14.1 Å². The average molecular weight is 728 g/mol. The molecule has 0 aromatic heterocycles. The van der Waals surface area contributed by atoms with Crippen molar-refractivity contribution in [2.75, 3.05) is 26.9 Å². The molecule has 0 amide bonds. The molecule has 1 atom stereocenters. The number of hydrogen-bond donors (Lipinski definition) is 3. The van der Waals surface area contributed by atoms with Crippen molar-refractivity contribution in [1.29, 1.82) is 0 Å². The second kappa shape index (κ2) is 14.6. The van der Waals surface area contributed by atoms with Crippen molar-refractivity contribution in [2.24, 2.45) is 10.7 Å². The zero-order valence-electron chi connectivity index (χ0n) is 24.7. The molecule has 0 radical (unpaired) electrons. The van der Waals surface area contributed by atoms with E-state index >= 15 is 0 Å². The van der Waals surface area contributed by atoms with Crippen molar-refractivity contribution in [3.05, 3.63) is 121 Å². The first-order valence-corrected chi connectivity index (χ1v) is 19.6. The van der Waals surface area contributed by atoms with Crippen LogP contribution in [0.25, 0.3) is 0 Å². The van der Waals surface area contributed by atoms with Crippen molar-refractivity contribution in [1.82, 2.24) is 10.6 Å². The molecule has 1 aliphatic heterocycles. The number of rotatable bonds is 11. The molecule has 4 N–H and O–H groups in total. The molecule has 0 saturated carbocycles. The van der Waals surface area contributed by atoms with Gasteiger partial charge in [-0.25, -0.2) is 5.32 Å². The van der Waals surface area contributed by atoms with E-state index < -0.39 is 4.25 Å². The van der Waals surface area contributed by atoms with Crippen LogP contribution in [0.5, 0.6) is 5.75 Å². The molecule has 43 heavy (non-hydrogen) atoms. The molecular formula is C34H40ClIN5OP. The third-order valence-corrected chi connectivity index (χ3v) is 19.5. The van der Waals surface area contributed by atoms with E-state index in [1.54, 1.807) is 0 Å². The van der Waals surface area contributed by atoms with Crippen LogP contribution in [0.3, 0.4) is 0 Å². The number of ether oxygens (including phenoxy) is 1. The monoisotopic (exact) mass is 727 g/mol. The molecule has 0 spiro atoms. The first-order valence-electron chi connectivity index (χ1n) is 14.4. The van der Waals surface area contributed by atoms with Gasteiger partial charge in [0.2, 0.25) is 0 Å². The van der Waals surface area contributed by atoms with Gasteiger partial charge in [0.15, 0.2) is 0 Å². The number of unbranched alkanes of at least 4 members (excludes halogenated alkanes) is 2. The molecule has 5 rings (SSSR count). The summed E-state index contributed by atoms with van der Waals surface area (Å²) in [5, 5.41) is 10.7. The predicted molar refractivity (Wildman–Crippen MR) is 188 cm³/mol. The summed E-state index contributed by atoms with van der Waals surface area (Å²) in [5.41, 5.74) is 7.02. The molecule has 4 aromatic rings. The number of halogens is 2. The number of benzene rings is 4. The number of nitrogens with zero attached hydrogens (tertiary/aromatic N) is 2. The molecule has 1 heterocycles. The average Bonchev–Trinajstić information content (AvgIpc) is 3.04. The summed E-state index contributed by atoms with van der Waals surface area (Å²) in [6.07, 6.45) is 4.09. The Morgan fingerprint density at radius 3 is 1.77 bits per heavy atom. The Kier molecular flexibility index (Phi) is 11.1. The molecule has 4 aromatic carbocycles. The van der Waals surface area contributed by atoms with Crippen LogP contribution in [0, 0.1) is 0 Å². The quantitative estimate of drug-likeness (QED) is 0.0961. The van der Waals surface area contributed by atoms with Gasteiger partial charge in [0.25, 0.3) is 5.96 Å².